The van der Waals surface area contributed by atoms with Crippen LogP contribution < -0.4 is 19.7 Å². The van der Waals surface area contributed by atoms with Crippen LogP contribution in [0.4, 0.5) is 11.4 Å². The van der Waals surface area contributed by atoms with E-state index in [-0.39, 0.29) is 0 Å². The average molecular weight is 419 g/mol. The molecule has 0 aromatic heterocycles. The molecule has 31 heavy (non-hydrogen) atoms. The quantitative estimate of drug-likeness (QED) is 0.556. The van der Waals surface area contributed by atoms with Gasteiger partial charge in [0.15, 0.2) is 11.5 Å². The van der Waals surface area contributed by atoms with Crippen LogP contribution in [0.5, 0.6) is 11.5 Å². The smallest absolute Gasteiger partial charge is 0.166 e. The summed E-state index contributed by atoms with van der Waals surface area (Å²) in [5.74, 6) is 1.53. The lowest BCUT2D eigenvalue weighted by Gasteiger charge is -2.29. The molecule has 4 rings (SSSR count). The molecule has 5 nitrogen and oxygen atoms in total. The molecule has 5 heteroatoms. The Morgan fingerprint density at radius 1 is 0.903 bits per heavy atom. The highest BCUT2D eigenvalue weighted by Gasteiger charge is 2.13. The predicted octanol–water partition coefficient (Wildman–Crippen LogP) is 5.03. The van der Waals surface area contributed by atoms with E-state index in [9.17, 15) is 0 Å². The molecule has 0 aliphatic carbocycles. The summed E-state index contributed by atoms with van der Waals surface area (Å²) in [5.41, 5.74) is 5.76. The molecule has 0 bridgehead atoms. The van der Waals surface area contributed by atoms with Gasteiger partial charge in [0, 0.05) is 36.6 Å². The van der Waals surface area contributed by atoms with Gasteiger partial charge in [0.05, 0.1) is 20.3 Å². The lowest BCUT2D eigenvalue weighted by atomic mass is 10.1. The molecule has 0 radical (unpaired) electrons. The van der Waals surface area contributed by atoms with Crippen LogP contribution in [0.3, 0.4) is 0 Å². The maximum absolute atomic E-state index is 6.23. The molecule has 3 aromatic carbocycles. The Labute approximate surface area is 184 Å². The highest BCUT2D eigenvalue weighted by molar-refractivity contribution is 5.56. The van der Waals surface area contributed by atoms with E-state index >= 15 is 0 Å². The Kier molecular flexibility index (Phi) is 6.95. The predicted molar refractivity (Wildman–Crippen MR) is 125 cm³/mol. The van der Waals surface area contributed by atoms with E-state index in [1.54, 1.807) is 7.11 Å². The third-order valence-corrected chi connectivity index (χ3v) is 5.64. The van der Waals surface area contributed by atoms with Crippen LogP contribution in [-0.4, -0.2) is 33.4 Å². The van der Waals surface area contributed by atoms with Crippen LogP contribution in [0.15, 0.2) is 66.7 Å². The number of aryl methyl sites for hydroxylation is 1. The zero-order valence-electron chi connectivity index (χ0n) is 18.3. The number of anilines is 2. The first-order chi connectivity index (χ1) is 15.2. The van der Waals surface area contributed by atoms with E-state index in [0.29, 0.717) is 13.2 Å². The number of methoxy groups -OCH3 is 1. The molecule has 1 heterocycles. The second-order valence-corrected chi connectivity index (χ2v) is 7.66. The monoisotopic (exact) mass is 418 g/mol. The molecule has 0 unspecified atom stereocenters. The Hall–Kier alpha value is -3.18. The van der Waals surface area contributed by atoms with Gasteiger partial charge in [-0.2, -0.15) is 0 Å². The van der Waals surface area contributed by atoms with Crippen LogP contribution in [0.25, 0.3) is 0 Å². The lowest BCUT2D eigenvalue weighted by molar-refractivity contribution is 0.122. The van der Waals surface area contributed by atoms with Gasteiger partial charge in [-0.3, -0.25) is 0 Å². The first kappa shape index (κ1) is 21.1. The SMILES string of the molecule is COc1cccc(CNc2ccc(N3CCOCC3)cc2)c1OCc1ccccc1C. The number of nitrogens with zero attached hydrogens (tertiary/aromatic N) is 1. The molecule has 1 aliphatic heterocycles. The second-order valence-electron chi connectivity index (χ2n) is 7.66. The van der Waals surface area contributed by atoms with Crippen molar-refractivity contribution in [1.29, 1.82) is 0 Å². The minimum Gasteiger partial charge on any atom is -0.493 e. The molecule has 1 N–H and O–H groups in total. The Morgan fingerprint density at radius 3 is 2.39 bits per heavy atom. The second kappa shape index (κ2) is 10.2. The minimum atomic E-state index is 0.508. The number of rotatable bonds is 8. The molecule has 162 valence electrons. The van der Waals surface area contributed by atoms with Crippen molar-refractivity contribution in [3.63, 3.8) is 0 Å². The third kappa shape index (κ3) is 5.30. The van der Waals surface area contributed by atoms with Crippen LogP contribution >= 0.6 is 0 Å². The molecule has 1 saturated heterocycles. The lowest BCUT2D eigenvalue weighted by Crippen LogP contribution is -2.36. The summed E-state index contributed by atoms with van der Waals surface area (Å²) in [6.45, 7) is 6.73. The zero-order valence-corrected chi connectivity index (χ0v) is 18.3. The van der Waals surface area contributed by atoms with Gasteiger partial charge in [-0.15, -0.1) is 0 Å². The summed E-state index contributed by atoms with van der Waals surface area (Å²) in [7, 11) is 1.68. The van der Waals surface area contributed by atoms with Gasteiger partial charge < -0.3 is 24.4 Å². The fourth-order valence-corrected chi connectivity index (χ4v) is 3.76. The van der Waals surface area contributed by atoms with Gasteiger partial charge in [-0.25, -0.2) is 0 Å². The van der Waals surface area contributed by atoms with E-state index in [1.807, 2.05) is 24.3 Å². The molecule has 1 aliphatic rings. The summed E-state index contributed by atoms with van der Waals surface area (Å²) in [6, 6.07) is 22.9. The highest BCUT2D eigenvalue weighted by atomic mass is 16.5. The first-order valence-electron chi connectivity index (χ1n) is 10.7. The summed E-state index contributed by atoms with van der Waals surface area (Å²) in [6.07, 6.45) is 0. The number of hydrogen-bond donors (Lipinski definition) is 1. The van der Waals surface area contributed by atoms with Gasteiger partial charge in [0.25, 0.3) is 0 Å². The van der Waals surface area contributed by atoms with Crippen molar-refractivity contribution in [3.8, 4) is 11.5 Å². The maximum atomic E-state index is 6.23. The normalized spacial score (nSPS) is 13.7. The van der Waals surface area contributed by atoms with Crippen molar-refractivity contribution in [2.45, 2.75) is 20.1 Å². The molecular formula is C26H30N2O3. The molecule has 0 spiro atoms. The van der Waals surface area contributed by atoms with Crippen LogP contribution in [-0.2, 0) is 17.9 Å². The van der Waals surface area contributed by atoms with E-state index in [4.69, 9.17) is 14.2 Å². The van der Waals surface area contributed by atoms with Crippen molar-refractivity contribution in [3.05, 3.63) is 83.4 Å². The third-order valence-electron chi connectivity index (χ3n) is 5.64. The molecule has 0 atom stereocenters. The topological polar surface area (TPSA) is 43.0 Å². The summed E-state index contributed by atoms with van der Waals surface area (Å²) in [4.78, 5) is 2.35. The molecule has 3 aromatic rings. The first-order valence-corrected chi connectivity index (χ1v) is 10.7. The van der Waals surface area contributed by atoms with Crippen molar-refractivity contribution in [2.24, 2.45) is 0 Å². The number of benzene rings is 3. The number of nitrogens with one attached hydrogen (secondary N) is 1. The average Bonchev–Trinajstić information content (AvgIpc) is 2.83. The van der Waals surface area contributed by atoms with Crippen molar-refractivity contribution in [2.75, 3.05) is 43.6 Å². The standard InChI is InChI=1S/C26H30N2O3/c1-20-6-3-4-7-22(20)19-31-26-21(8-5-9-25(26)29-2)18-27-23-10-12-24(13-11-23)28-14-16-30-17-15-28/h3-13,27H,14-19H2,1-2H3. The van der Waals surface area contributed by atoms with Gasteiger partial charge in [-0.05, 0) is 48.4 Å². The van der Waals surface area contributed by atoms with Gasteiger partial charge in [0.2, 0.25) is 0 Å². The molecule has 0 saturated carbocycles. The van der Waals surface area contributed by atoms with Crippen molar-refractivity contribution in [1.82, 2.24) is 0 Å². The summed E-state index contributed by atoms with van der Waals surface area (Å²) in [5, 5.41) is 3.51. The largest absolute Gasteiger partial charge is 0.493 e. The highest BCUT2D eigenvalue weighted by Crippen LogP contribution is 2.32. The van der Waals surface area contributed by atoms with E-state index in [1.165, 1.54) is 16.8 Å². The number of ether oxygens (including phenoxy) is 3. The van der Waals surface area contributed by atoms with E-state index in [0.717, 1.165) is 49.1 Å². The molecular weight excluding hydrogens is 388 g/mol. The van der Waals surface area contributed by atoms with Gasteiger partial charge in [0.1, 0.15) is 6.61 Å². The fourth-order valence-electron chi connectivity index (χ4n) is 3.76. The van der Waals surface area contributed by atoms with E-state index < -0.39 is 0 Å². The van der Waals surface area contributed by atoms with Crippen molar-refractivity contribution >= 4 is 11.4 Å². The van der Waals surface area contributed by atoms with Crippen LogP contribution in [0.2, 0.25) is 0 Å². The van der Waals surface area contributed by atoms with Crippen LogP contribution in [0, 0.1) is 6.92 Å². The van der Waals surface area contributed by atoms with Gasteiger partial charge in [-0.1, -0.05) is 36.4 Å². The number of para-hydroxylation sites is 1. The molecule has 1 fully saturated rings. The maximum Gasteiger partial charge on any atom is 0.166 e. The fraction of sp³-hybridized carbons (Fsp3) is 0.308. The van der Waals surface area contributed by atoms with Gasteiger partial charge >= 0.3 is 0 Å². The van der Waals surface area contributed by atoms with Crippen LogP contribution in [0.1, 0.15) is 16.7 Å². The molecule has 0 amide bonds. The Balaban J connectivity index is 1.43. The Bertz CT molecular complexity index is 982. The van der Waals surface area contributed by atoms with Crippen molar-refractivity contribution < 1.29 is 14.2 Å². The minimum absolute atomic E-state index is 0.508. The summed E-state index contributed by atoms with van der Waals surface area (Å²) < 4.78 is 17.2. The van der Waals surface area contributed by atoms with E-state index in [2.05, 4.69) is 59.6 Å². The number of morpholine rings is 1. The zero-order chi connectivity index (χ0) is 21.5. The Morgan fingerprint density at radius 2 is 1.65 bits per heavy atom. The summed E-state index contributed by atoms with van der Waals surface area (Å²) >= 11 is 0. The number of hydrogen-bond acceptors (Lipinski definition) is 5.